The fourth-order valence-corrected chi connectivity index (χ4v) is 2.48. The Kier molecular flexibility index (Phi) is 3.64. The Bertz CT molecular complexity index is 870. The Morgan fingerprint density at radius 3 is 2.48 bits per heavy atom. The topological polar surface area (TPSA) is 62.8 Å². The number of imidazole rings is 1. The van der Waals surface area contributed by atoms with Crippen LogP contribution in [0.2, 0.25) is 0 Å². The zero-order valence-electron chi connectivity index (χ0n) is 13.8. The van der Waals surface area contributed by atoms with Crippen molar-refractivity contribution in [3.8, 4) is 11.3 Å². The summed E-state index contributed by atoms with van der Waals surface area (Å²) in [7, 11) is 0. The molecule has 0 fully saturated rings. The molecule has 0 aliphatic rings. The molecule has 0 amide bonds. The van der Waals surface area contributed by atoms with Crippen molar-refractivity contribution in [3.63, 3.8) is 0 Å². The van der Waals surface area contributed by atoms with E-state index < -0.39 is 0 Å². The van der Waals surface area contributed by atoms with Gasteiger partial charge in [0.2, 0.25) is 0 Å². The molecular weight excluding hydrogens is 288 g/mol. The van der Waals surface area contributed by atoms with Gasteiger partial charge in [0.1, 0.15) is 17.1 Å². The van der Waals surface area contributed by atoms with Crippen molar-refractivity contribution in [2.45, 2.75) is 33.1 Å². The molecule has 23 heavy (non-hydrogen) atoms. The lowest BCUT2D eigenvalue weighted by Gasteiger charge is -2.19. The van der Waals surface area contributed by atoms with Crippen LogP contribution in [0.4, 0.5) is 0 Å². The summed E-state index contributed by atoms with van der Waals surface area (Å²) in [5.41, 5.74) is 5.00. The van der Waals surface area contributed by atoms with Crippen molar-refractivity contribution < 1.29 is 5.21 Å². The van der Waals surface area contributed by atoms with Crippen molar-refractivity contribution in [2.24, 2.45) is 5.16 Å². The van der Waals surface area contributed by atoms with Gasteiger partial charge >= 0.3 is 0 Å². The van der Waals surface area contributed by atoms with Gasteiger partial charge in [-0.15, -0.1) is 0 Å². The van der Waals surface area contributed by atoms with Crippen LogP contribution >= 0.6 is 0 Å². The van der Waals surface area contributed by atoms with E-state index in [-0.39, 0.29) is 5.41 Å². The molecule has 0 saturated carbocycles. The van der Waals surface area contributed by atoms with Crippen molar-refractivity contribution >= 4 is 11.4 Å². The molecule has 5 nitrogen and oxygen atoms in total. The maximum absolute atomic E-state index is 9.02. The van der Waals surface area contributed by atoms with Crippen LogP contribution in [0.5, 0.6) is 0 Å². The molecule has 0 saturated heterocycles. The first-order valence-corrected chi connectivity index (χ1v) is 7.54. The van der Waals surface area contributed by atoms with Gasteiger partial charge in [-0.3, -0.25) is 0 Å². The van der Waals surface area contributed by atoms with Crippen LogP contribution in [0.1, 0.15) is 39.0 Å². The summed E-state index contributed by atoms with van der Waals surface area (Å²) < 4.78 is 1.89. The van der Waals surface area contributed by atoms with Crippen molar-refractivity contribution in [1.82, 2.24) is 14.4 Å². The van der Waals surface area contributed by atoms with Crippen LogP contribution in [-0.2, 0) is 5.41 Å². The predicted octanol–water partition coefficient (Wildman–Crippen LogP) is 3.89. The van der Waals surface area contributed by atoms with Crippen molar-refractivity contribution in [2.75, 3.05) is 0 Å². The summed E-state index contributed by atoms with van der Waals surface area (Å²) in [6.45, 7) is 8.29. The second-order valence-corrected chi connectivity index (χ2v) is 6.65. The molecule has 0 unspecified atom stereocenters. The molecule has 1 N–H and O–H groups in total. The highest BCUT2D eigenvalue weighted by molar-refractivity contribution is 5.97. The maximum Gasteiger partial charge on any atom is 0.163 e. The fourth-order valence-electron chi connectivity index (χ4n) is 2.48. The molecule has 0 spiro atoms. The average molecular weight is 308 g/mol. The van der Waals surface area contributed by atoms with Gasteiger partial charge in [0.25, 0.3) is 0 Å². The minimum absolute atomic E-state index is 0.108. The average Bonchev–Trinajstić information content (AvgIpc) is 3.01. The first-order chi connectivity index (χ1) is 10.9. The van der Waals surface area contributed by atoms with E-state index in [9.17, 15) is 0 Å². The molecule has 5 heteroatoms. The minimum Gasteiger partial charge on any atom is -0.411 e. The molecule has 0 radical (unpaired) electrons. The van der Waals surface area contributed by atoms with Gasteiger partial charge in [-0.2, -0.15) is 0 Å². The van der Waals surface area contributed by atoms with E-state index in [1.807, 2.05) is 16.8 Å². The number of benzene rings is 1. The molecule has 0 atom stereocenters. The lowest BCUT2D eigenvalue weighted by molar-refractivity contribution is 0.319. The Hall–Kier alpha value is -2.69. The Labute approximate surface area is 135 Å². The summed E-state index contributed by atoms with van der Waals surface area (Å²) in [4.78, 5) is 9.02. The van der Waals surface area contributed by atoms with Crippen LogP contribution in [0.3, 0.4) is 0 Å². The molecule has 1 aromatic carbocycles. The SMILES string of the molecule is C/C(=N/O)c1cn2ccnc2c(-c2ccc(C(C)(C)C)cc2)n1. The number of rotatable bonds is 2. The van der Waals surface area contributed by atoms with Gasteiger partial charge in [-0.25, -0.2) is 9.97 Å². The predicted molar refractivity (Wildman–Crippen MR) is 91.1 cm³/mol. The van der Waals surface area contributed by atoms with E-state index in [1.165, 1.54) is 5.56 Å². The van der Waals surface area contributed by atoms with Gasteiger partial charge in [-0.1, -0.05) is 50.2 Å². The molecule has 2 aromatic heterocycles. The van der Waals surface area contributed by atoms with E-state index in [1.54, 1.807) is 13.1 Å². The fraction of sp³-hybridized carbons (Fsp3) is 0.278. The molecule has 0 aliphatic carbocycles. The highest BCUT2D eigenvalue weighted by Crippen LogP contribution is 2.27. The molecular formula is C18H20N4O. The zero-order valence-corrected chi connectivity index (χ0v) is 13.8. The number of hydrogen-bond donors (Lipinski definition) is 1. The Balaban J connectivity index is 2.17. The zero-order chi connectivity index (χ0) is 16.6. The number of oxime groups is 1. The van der Waals surface area contributed by atoms with Gasteiger partial charge in [0, 0.05) is 24.2 Å². The second-order valence-electron chi connectivity index (χ2n) is 6.65. The molecule has 118 valence electrons. The standard InChI is InChI=1S/C18H20N4O/c1-12(21-23)15-11-22-10-9-19-17(22)16(20-15)13-5-7-14(8-6-13)18(2,3)4/h5-11,23H,1-4H3/b21-12-. The van der Waals surface area contributed by atoms with Gasteiger partial charge < -0.3 is 9.61 Å². The maximum atomic E-state index is 9.02. The first-order valence-electron chi connectivity index (χ1n) is 7.54. The van der Waals surface area contributed by atoms with Crippen molar-refractivity contribution in [3.05, 3.63) is 54.1 Å². The molecule has 3 rings (SSSR count). The van der Waals surface area contributed by atoms with E-state index in [0.717, 1.165) is 16.9 Å². The van der Waals surface area contributed by atoms with E-state index >= 15 is 0 Å². The van der Waals surface area contributed by atoms with E-state index in [4.69, 9.17) is 5.21 Å². The summed E-state index contributed by atoms with van der Waals surface area (Å²) >= 11 is 0. The lowest BCUT2D eigenvalue weighted by Crippen LogP contribution is -2.10. The van der Waals surface area contributed by atoms with Crippen molar-refractivity contribution in [1.29, 1.82) is 0 Å². The number of hydrogen-bond acceptors (Lipinski definition) is 4. The van der Waals surface area contributed by atoms with Crippen LogP contribution < -0.4 is 0 Å². The van der Waals surface area contributed by atoms with Crippen LogP contribution in [0.15, 0.2) is 48.0 Å². The third-order valence-electron chi connectivity index (χ3n) is 3.92. The van der Waals surface area contributed by atoms with E-state index in [2.05, 4.69) is 60.2 Å². The third kappa shape index (κ3) is 2.82. The highest BCUT2D eigenvalue weighted by atomic mass is 16.4. The summed E-state index contributed by atoms with van der Waals surface area (Å²) in [5.74, 6) is 0. The molecule has 0 aliphatic heterocycles. The summed E-state index contributed by atoms with van der Waals surface area (Å²) in [5, 5.41) is 12.3. The summed E-state index contributed by atoms with van der Waals surface area (Å²) in [6.07, 6.45) is 5.40. The molecule has 0 bridgehead atoms. The van der Waals surface area contributed by atoms with E-state index in [0.29, 0.717) is 11.4 Å². The number of fused-ring (bicyclic) bond motifs is 1. The normalized spacial score (nSPS) is 12.8. The second kappa shape index (κ2) is 5.50. The minimum atomic E-state index is 0.108. The van der Waals surface area contributed by atoms with Gasteiger partial charge in [0.05, 0.1) is 0 Å². The van der Waals surface area contributed by atoms with Crippen LogP contribution in [-0.4, -0.2) is 25.3 Å². The van der Waals surface area contributed by atoms with Crippen LogP contribution in [0.25, 0.3) is 16.9 Å². The first kappa shape index (κ1) is 15.2. The molecule has 2 heterocycles. The monoisotopic (exact) mass is 308 g/mol. The quantitative estimate of drug-likeness (QED) is 0.444. The number of aromatic nitrogens is 3. The molecule has 3 aromatic rings. The Morgan fingerprint density at radius 2 is 1.87 bits per heavy atom. The van der Waals surface area contributed by atoms with Crippen LogP contribution in [0, 0.1) is 0 Å². The summed E-state index contributed by atoms with van der Waals surface area (Å²) in [6, 6.07) is 8.37. The smallest absolute Gasteiger partial charge is 0.163 e. The van der Waals surface area contributed by atoms with Gasteiger partial charge in [-0.05, 0) is 17.9 Å². The van der Waals surface area contributed by atoms with Gasteiger partial charge in [0.15, 0.2) is 5.65 Å². The Morgan fingerprint density at radius 1 is 1.17 bits per heavy atom. The number of nitrogens with zero attached hydrogens (tertiary/aromatic N) is 4. The lowest BCUT2D eigenvalue weighted by atomic mass is 9.86. The highest BCUT2D eigenvalue weighted by Gasteiger charge is 2.15. The largest absolute Gasteiger partial charge is 0.411 e. The third-order valence-corrected chi connectivity index (χ3v) is 3.92.